The summed E-state index contributed by atoms with van der Waals surface area (Å²) in [5, 5.41) is 4.04. The molecule has 138 valence electrons. The highest BCUT2D eigenvalue weighted by molar-refractivity contribution is 7.89. The third kappa shape index (κ3) is 3.34. The summed E-state index contributed by atoms with van der Waals surface area (Å²) in [6.07, 6.45) is 1.62. The Morgan fingerprint density at radius 3 is 2.52 bits per heavy atom. The van der Waals surface area contributed by atoms with Gasteiger partial charge in [0.05, 0.1) is 4.90 Å². The quantitative estimate of drug-likeness (QED) is 0.724. The molecule has 0 radical (unpaired) electrons. The molecule has 0 aromatic heterocycles. The van der Waals surface area contributed by atoms with Crippen LogP contribution in [0.1, 0.15) is 30.5 Å². The van der Waals surface area contributed by atoms with Crippen LogP contribution in [0.3, 0.4) is 0 Å². The van der Waals surface area contributed by atoms with Gasteiger partial charge in [-0.1, -0.05) is 48.5 Å². The van der Waals surface area contributed by atoms with Crippen molar-refractivity contribution in [3.8, 4) is 0 Å². The minimum Gasteiger partial charge on any atom is -0.326 e. The first-order chi connectivity index (χ1) is 13.0. The highest BCUT2D eigenvalue weighted by Crippen LogP contribution is 2.34. The zero-order valence-corrected chi connectivity index (χ0v) is 15.7. The van der Waals surface area contributed by atoms with Gasteiger partial charge >= 0.3 is 0 Å². The van der Waals surface area contributed by atoms with Crippen molar-refractivity contribution in [2.45, 2.75) is 30.7 Å². The van der Waals surface area contributed by atoms with Gasteiger partial charge in [-0.3, -0.25) is 4.79 Å². The van der Waals surface area contributed by atoms with Crippen molar-refractivity contribution >= 4 is 32.4 Å². The van der Waals surface area contributed by atoms with Crippen LogP contribution in [0.2, 0.25) is 0 Å². The van der Waals surface area contributed by atoms with Gasteiger partial charge in [0.2, 0.25) is 15.9 Å². The summed E-state index contributed by atoms with van der Waals surface area (Å²) in [5.41, 5.74) is 2.83. The van der Waals surface area contributed by atoms with Gasteiger partial charge in [-0.25, -0.2) is 13.1 Å². The summed E-state index contributed by atoms with van der Waals surface area (Å²) < 4.78 is 29.2. The van der Waals surface area contributed by atoms with E-state index in [0.29, 0.717) is 16.5 Å². The molecule has 0 saturated heterocycles. The first-order valence-corrected chi connectivity index (χ1v) is 10.3. The summed E-state index contributed by atoms with van der Waals surface area (Å²) in [6, 6.07) is 18.1. The maximum Gasteiger partial charge on any atom is 0.241 e. The third-order valence-corrected chi connectivity index (χ3v) is 6.44. The van der Waals surface area contributed by atoms with E-state index in [2.05, 4.69) is 10.0 Å². The lowest BCUT2D eigenvalue weighted by Crippen LogP contribution is -2.27. The minimum atomic E-state index is -3.72. The monoisotopic (exact) mass is 380 g/mol. The van der Waals surface area contributed by atoms with Crippen LogP contribution in [0.4, 0.5) is 5.69 Å². The van der Waals surface area contributed by atoms with E-state index in [-0.39, 0.29) is 16.8 Å². The number of rotatable bonds is 4. The van der Waals surface area contributed by atoms with Crippen molar-refractivity contribution in [3.63, 3.8) is 0 Å². The van der Waals surface area contributed by atoms with Gasteiger partial charge in [0.1, 0.15) is 0 Å². The van der Waals surface area contributed by atoms with E-state index in [0.717, 1.165) is 18.4 Å². The van der Waals surface area contributed by atoms with Crippen LogP contribution >= 0.6 is 0 Å². The van der Waals surface area contributed by atoms with E-state index < -0.39 is 10.0 Å². The zero-order valence-electron chi connectivity index (χ0n) is 14.9. The molecule has 0 saturated carbocycles. The Labute approximate surface area is 158 Å². The summed E-state index contributed by atoms with van der Waals surface area (Å²) in [6.45, 7) is 1.43. The van der Waals surface area contributed by atoms with Crippen molar-refractivity contribution in [3.05, 3.63) is 71.8 Å². The van der Waals surface area contributed by atoms with Gasteiger partial charge in [-0.2, -0.15) is 0 Å². The standard InChI is InChI=1S/C21H20N2O3S/c1-14(24)22-19-10-4-9-18-17(19)8-5-11-21(18)27(25,26)23-20-13-12-15-6-2-3-7-16(15)20/h2-11,20,23H,12-13H2,1H3,(H,22,24). The van der Waals surface area contributed by atoms with Crippen molar-refractivity contribution in [2.24, 2.45) is 0 Å². The molecule has 5 nitrogen and oxygen atoms in total. The van der Waals surface area contributed by atoms with E-state index in [1.807, 2.05) is 30.3 Å². The Morgan fingerprint density at radius 1 is 0.963 bits per heavy atom. The lowest BCUT2D eigenvalue weighted by atomic mass is 10.1. The maximum atomic E-state index is 13.1. The predicted molar refractivity (Wildman–Crippen MR) is 106 cm³/mol. The van der Waals surface area contributed by atoms with Crippen LogP contribution < -0.4 is 10.0 Å². The molecule has 1 atom stereocenters. The Hall–Kier alpha value is -2.70. The number of nitrogens with one attached hydrogen (secondary N) is 2. The fourth-order valence-electron chi connectivity index (χ4n) is 3.74. The minimum absolute atomic E-state index is 0.198. The van der Waals surface area contributed by atoms with Crippen molar-refractivity contribution in [1.29, 1.82) is 0 Å². The van der Waals surface area contributed by atoms with Crippen molar-refractivity contribution < 1.29 is 13.2 Å². The molecule has 0 spiro atoms. The fraction of sp³-hybridized carbons (Fsp3) is 0.190. The van der Waals surface area contributed by atoms with Gasteiger partial charge in [-0.15, -0.1) is 0 Å². The Balaban J connectivity index is 1.74. The van der Waals surface area contributed by atoms with Crippen molar-refractivity contribution in [1.82, 2.24) is 4.72 Å². The molecular weight excluding hydrogens is 360 g/mol. The number of hydrogen-bond acceptors (Lipinski definition) is 3. The Morgan fingerprint density at radius 2 is 1.70 bits per heavy atom. The number of benzene rings is 3. The van der Waals surface area contributed by atoms with E-state index in [1.54, 1.807) is 30.3 Å². The largest absolute Gasteiger partial charge is 0.326 e. The molecule has 1 aliphatic carbocycles. The molecule has 0 bridgehead atoms. The number of hydrogen-bond donors (Lipinski definition) is 2. The van der Waals surface area contributed by atoms with E-state index in [9.17, 15) is 13.2 Å². The number of carbonyl (C=O) groups excluding carboxylic acids is 1. The van der Waals surface area contributed by atoms with E-state index >= 15 is 0 Å². The van der Waals surface area contributed by atoms with E-state index in [4.69, 9.17) is 0 Å². The first kappa shape index (κ1) is 17.7. The van der Waals surface area contributed by atoms with Gasteiger partial charge in [-0.05, 0) is 36.1 Å². The predicted octanol–water partition coefficient (Wildman–Crippen LogP) is 3.76. The molecule has 1 amide bonds. The molecule has 4 rings (SSSR count). The average Bonchev–Trinajstić information content (AvgIpc) is 3.03. The van der Waals surface area contributed by atoms with Crippen molar-refractivity contribution in [2.75, 3.05) is 5.32 Å². The van der Waals surface area contributed by atoms with Gasteiger partial charge in [0.25, 0.3) is 0 Å². The molecule has 6 heteroatoms. The average molecular weight is 380 g/mol. The van der Waals surface area contributed by atoms with Crippen LogP contribution in [0.25, 0.3) is 10.8 Å². The zero-order chi connectivity index (χ0) is 19.0. The Kier molecular flexibility index (Phi) is 4.45. The maximum absolute atomic E-state index is 13.1. The number of fused-ring (bicyclic) bond motifs is 2. The number of anilines is 1. The highest BCUT2D eigenvalue weighted by atomic mass is 32.2. The fourth-order valence-corrected chi connectivity index (χ4v) is 5.22. The number of amides is 1. The third-order valence-electron chi connectivity index (χ3n) is 4.91. The smallest absolute Gasteiger partial charge is 0.241 e. The molecular formula is C21H20N2O3S. The molecule has 3 aromatic carbocycles. The lowest BCUT2D eigenvalue weighted by molar-refractivity contribution is -0.114. The molecule has 0 aliphatic heterocycles. The van der Waals surface area contributed by atoms with Gasteiger partial charge in [0.15, 0.2) is 0 Å². The van der Waals surface area contributed by atoms with Crippen LogP contribution in [0, 0.1) is 0 Å². The molecule has 2 N–H and O–H groups in total. The van der Waals surface area contributed by atoms with Gasteiger partial charge < -0.3 is 5.32 Å². The van der Waals surface area contributed by atoms with Crippen LogP contribution in [-0.2, 0) is 21.2 Å². The number of aryl methyl sites for hydroxylation is 1. The van der Waals surface area contributed by atoms with Gasteiger partial charge in [0, 0.05) is 29.4 Å². The normalized spacial score (nSPS) is 16.3. The summed E-state index contributed by atoms with van der Waals surface area (Å²) >= 11 is 0. The number of carbonyl (C=O) groups is 1. The van der Waals surface area contributed by atoms with Crippen LogP contribution in [0.15, 0.2) is 65.6 Å². The molecule has 0 fully saturated rings. The molecule has 0 heterocycles. The lowest BCUT2D eigenvalue weighted by Gasteiger charge is -2.16. The number of sulfonamides is 1. The molecule has 1 unspecified atom stereocenters. The summed E-state index contributed by atoms with van der Waals surface area (Å²) in [7, 11) is -3.72. The van der Waals surface area contributed by atoms with E-state index in [1.165, 1.54) is 12.5 Å². The molecule has 1 aliphatic rings. The summed E-state index contributed by atoms with van der Waals surface area (Å²) in [4.78, 5) is 11.7. The second-order valence-electron chi connectivity index (χ2n) is 6.75. The molecule has 3 aromatic rings. The van der Waals surface area contributed by atoms with Crippen LogP contribution in [0.5, 0.6) is 0 Å². The Bertz CT molecular complexity index is 1140. The second-order valence-corrected chi connectivity index (χ2v) is 8.43. The second kappa shape index (κ2) is 6.79. The highest BCUT2D eigenvalue weighted by Gasteiger charge is 2.28. The molecule has 27 heavy (non-hydrogen) atoms. The topological polar surface area (TPSA) is 75.3 Å². The SMILES string of the molecule is CC(=O)Nc1cccc2c(S(=O)(=O)NC3CCc4ccccc43)cccc12. The first-order valence-electron chi connectivity index (χ1n) is 8.85. The van der Waals surface area contributed by atoms with Crippen LogP contribution in [-0.4, -0.2) is 14.3 Å². The summed E-state index contributed by atoms with van der Waals surface area (Å²) in [5.74, 6) is -0.198.